The average Bonchev–Trinajstić information content (AvgIpc) is 3.09. The van der Waals surface area contributed by atoms with Gasteiger partial charge in [-0.1, -0.05) is 19.1 Å². The van der Waals surface area contributed by atoms with Crippen molar-refractivity contribution in [2.45, 2.75) is 64.2 Å². The quantitative estimate of drug-likeness (QED) is 0.731. The summed E-state index contributed by atoms with van der Waals surface area (Å²) in [4.78, 5) is 31.2. The molecule has 1 aliphatic rings. The maximum Gasteiger partial charge on any atom is 0.411 e. The highest BCUT2D eigenvalue weighted by atomic mass is 19.1. The molecule has 2 amide bonds. The first-order valence-electron chi connectivity index (χ1n) is 10.7. The molecule has 1 saturated heterocycles. The Labute approximate surface area is 187 Å². The van der Waals surface area contributed by atoms with Crippen LogP contribution in [0.2, 0.25) is 0 Å². The van der Waals surface area contributed by atoms with Gasteiger partial charge in [0.2, 0.25) is 5.91 Å². The van der Waals surface area contributed by atoms with Gasteiger partial charge in [-0.2, -0.15) is 0 Å². The van der Waals surface area contributed by atoms with E-state index in [-0.39, 0.29) is 18.7 Å². The third-order valence-electron chi connectivity index (χ3n) is 5.40. The van der Waals surface area contributed by atoms with Crippen molar-refractivity contribution in [3.8, 4) is 0 Å². The summed E-state index contributed by atoms with van der Waals surface area (Å²) in [5.41, 5.74) is -0.355. The normalized spacial score (nSPS) is 20.8. The van der Waals surface area contributed by atoms with E-state index >= 15 is 0 Å². The van der Waals surface area contributed by atoms with Crippen LogP contribution in [0.25, 0.3) is 0 Å². The van der Waals surface area contributed by atoms with Crippen molar-refractivity contribution >= 4 is 17.7 Å². The molecule has 7 nitrogen and oxygen atoms in total. The summed E-state index contributed by atoms with van der Waals surface area (Å²) < 4.78 is 19.9. The van der Waals surface area contributed by atoms with Crippen molar-refractivity contribution in [2.24, 2.45) is 0 Å². The maximum absolute atomic E-state index is 14.5. The molecule has 0 aliphatic carbocycles. The van der Waals surface area contributed by atoms with E-state index in [0.29, 0.717) is 12.8 Å². The number of anilines is 1. The van der Waals surface area contributed by atoms with Gasteiger partial charge >= 0.3 is 6.09 Å². The SMILES string of the molecule is CCC1(O)C[C@H](C(=O)Nc2cc(Cc3ccccn3)ccc2F)N(C(=O)OC(C)(C)C)C1. The van der Waals surface area contributed by atoms with Crippen molar-refractivity contribution in [3.63, 3.8) is 0 Å². The van der Waals surface area contributed by atoms with Crippen LogP contribution < -0.4 is 5.32 Å². The highest BCUT2D eigenvalue weighted by molar-refractivity contribution is 5.97. The third-order valence-corrected chi connectivity index (χ3v) is 5.40. The summed E-state index contributed by atoms with van der Waals surface area (Å²) in [6, 6.07) is 9.05. The Balaban J connectivity index is 1.79. The number of β-amino-alcohol motifs (C(OH)–C–C–N with tert-alkyl or cyclic N) is 1. The average molecular weight is 444 g/mol. The molecular weight excluding hydrogens is 413 g/mol. The molecule has 1 aromatic carbocycles. The smallest absolute Gasteiger partial charge is 0.411 e. The number of rotatable bonds is 5. The fourth-order valence-electron chi connectivity index (χ4n) is 3.67. The van der Waals surface area contributed by atoms with Crippen LogP contribution in [0.3, 0.4) is 0 Å². The fourth-order valence-corrected chi connectivity index (χ4v) is 3.67. The molecule has 3 rings (SSSR count). The molecule has 1 aliphatic heterocycles. The monoisotopic (exact) mass is 443 g/mol. The van der Waals surface area contributed by atoms with Crippen LogP contribution in [0.15, 0.2) is 42.6 Å². The van der Waals surface area contributed by atoms with Crippen LogP contribution in [-0.2, 0) is 16.0 Å². The van der Waals surface area contributed by atoms with Crippen LogP contribution in [-0.4, -0.2) is 50.8 Å². The lowest BCUT2D eigenvalue weighted by atomic mass is 9.97. The first-order chi connectivity index (χ1) is 15.0. The molecule has 2 heterocycles. The number of halogens is 1. The maximum atomic E-state index is 14.5. The molecule has 1 unspecified atom stereocenters. The number of hydrogen-bond acceptors (Lipinski definition) is 5. The van der Waals surface area contributed by atoms with Gasteiger partial charge in [0, 0.05) is 24.7 Å². The van der Waals surface area contributed by atoms with Crippen LogP contribution in [0, 0.1) is 5.82 Å². The zero-order valence-electron chi connectivity index (χ0n) is 18.9. The lowest BCUT2D eigenvalue weighted by Crippen LogP contribution is -2.45. The van der Waals surface area contributed by atoms with E-state index in [4.69, 9.17) is 4.74 Å². The molecule has 0 saturated carbocycles. The summed E-state index contributed by atoms with van der Waals surface area (Å²) >= 11 is 0. The zero-order valence-corrected chi connectivity index (χ0v) is 18.9. The zero-order chi connectivity index (χ0) is 23.5. The highest BCUT2D eigenvalue weighted by Gasteiger charge is 2.48. The molecule has 0 radical (unpaired) electrons. The number of pyridine rings is 1. The lowest BCUT2D eigenvalue weighted by molar-refractivity contribution is -0.120. The summed E-state index contributed by atoms with van der Waals surface area (Å²) in [5.74, 6) is -1.16. The molecule has 2 atom stereocenters. The van der Waals surface area contributed by atoms with E-state index in [1.54, 1.807) is 46.0 Å². The van der Waals surface area contributed by atoms with Crippen LogP contribution in [0.5, 0.6) is 0 Å². The van der Waals surface area contributed by atoms with E-state index in [9.17, 15) is 19.1 Å². The Morgan fingerprint density at radius 2 is 2.06 bits per heavy atom. The lowest BCUT2D eigenvalue weighted by Gasteiger charge is -2.28. The molecule has 2 N–H and O–H groups in total. The number of nitrogens with one attached hydrogen (secondary N) is 1. The predicted octanol–water partition coefficient (Wildman–Crippen LogP) is 3.90. The fraction of sp³-hybridized carbons (Fsp3) is 0.458. The number of carbonyl (C=O) groups excluding carboxylic acids is 2. The van der Waals surface area contributed by atoms with Crippen molar-refractivity contribution in [3.05, 3.63) is 59.7 Å². The summed E-state index contributed by atoms with van der Waals surface area (Å²) in [6.45, 7) is 6.94. The number of nitrogens with zero attached hydrogens (tertiary/aromatic N) is 2. The minimum Gasteiger partial charge on any atom is -0.444 e. The highest BCUT2D eigenvalue weighted by Crippen LogP contribution is 2.32. The molecular formula is C24H30FN3O4. The van der Waals surface area contributed by atoms with Crippen LogP contribution in [0.4, 0.5) is 14.9 Å². The minimum atomic E-state index is -1.21. The van der Waals surface area contributed by atoms with Gasteiger partial charge in [0.25, 0.3) is 0 Å². The minimum absolute atomic E-state index is 0.0134. The van der Waals surface area contributed by atoms with E-state index in [1.165, 1.54) is 11.0 Å². The van der Waals surface area contributed by atoms with E-state index < -0.39 is 35.1 Å². The summed E-state index contributed by atoms with van der Waals surface area (Å²) in [7, 11) is 0. The van der Waals surface area contributed by atoms with Crippen molar-refractivity contribution in [1.29, 1.82) is 0 Å². The van der Waals surface area contributed by atoms with Gasteiger partial charge in [-0.25, -0.2) is 9.18 Å². The second-order valence-corrected chi connectivity index (χ2v) is 9.21. The third kappa shape index (κ3) is 5.82. The second-order valence-electron chi connectivity index (χ2n) is 9.21. The van der Waals surface area contributed by atoms with Gasteiger partial charge in [-0.15, -0.1) is 0 Å². The topological polar surface area (TPSA) is 91.8 Å². The van der Waals surface area contributed by atoms with E-state index in [2.05, 4.69) is 10.3 Å². The second kappa shape index (κ2) is 9.24. The Kier molecular flexibility index (Phi) is 6.83. The Morgan fingerprint density at radius 1 is 1.31 bits per heavy atom. The van der Waals surface area contributed by atoms with Gasteiger partial charge in [0.15, 0.2) is 0 Å². The van der Waals surface area contributed by atoms with E-state index in [1.807, 2.05) is 18.2 Å². The number of carbonyl (C=O) groups is 2. The predicted molar refractivity (Wildman–Crippen MR) is 119 cm³/mol. The number of benzene rings is 1. The molecule has 0 bridgehead atoms. The number of likely N-dealkylation sites (tertiary alicyclic amines) is 1. The van der Waals surface area contributed by atoms with Gasteiger partial charge in [-0.3, -0.25) is 14.7 Å². The van der Waals surface area contributed by atoms with Gasteiger partial charge in [0.1, 0.15) is 17.5 Å². The number of hydrogen-bond donors (Lipinski definition) is 2. The Bertz CT molecular complexity index is 977. The van der Waals surface area contributed by atoms with Gasteiger partial charge in [0.05, 0.1) is 17.8 Å². The molecule has 2 aromatic rings. The first kappa shape index (κ1) is 23.7. The first-order valence-corrected chi connectivity index (χ1v) is 10.7. The Morgan fingerprint density at radius 3 is 2.69 bits per heavy atom. The number of ether oxygens (including phenoxy) is 1. The number of aliphatic hydroxyl groups is 1. The number of amides is 2. The van der Waals surface area contributed by atoms with Crippen LogP contribution in [0.1, 0.15) is 51.8 Å². The van der Waals surface area contributed by atoms with Crippen molar-refractivity contribution in [2.75, 3.05) is 11.9 Å². The van der Waals surface area contributed by atoms with Crippen molar-refractivity contribution < 1.29 is 23.8 Å². The van der Waals surface area contributed by atoms with E-state index in [0.717, 1.165) is 11.3 Å². The number of aromatic nitrogens is 1. The van der Waals surface area contributed by atoms with Gasteiger partial charge in [-0.05, 0) is 57.0 Å². The summed E-state index contributed by atoms with van der Waals surface area (Å²) in [6.07, 6.45) is 1.88. The van der Waals surface area contributed by atoms with Crippen LogP contribution >= 0.6 is 0 Å². The van der Waals surface area contributed by atoms with Crippen molar-refractivity contribution in [1.82, 2.24) is 9.88 Å². The standard InChI is InChI=1S/C24H30FN3O4/c1-5-24(31)14-20(28(15-24)22(30)32-23(2,3)4)21(29)27-19-13-16(9-10-18(19)25)12-17-8-6-7-11-26-17/h6-11,13,20,31H,5,12,14-15H2,1-4H3,(H,27,29)/t20-,24?/m1/s1. The largest absolute Gasteiger partial charge is 0.444 e. The van der Waals surface area contributed by atoms with Gasteiger partial charge < -0.3 is 15.2 Å². The molecule has 0 spiro atoms. The molecule has 172 valence electrons. The Hall–Kier alpha value is -3.00. The molecule has 8 heteroatoms. The molecule has 1 fully saturated rings. The molecule has 32 heavy (non-hydrogen) atoms. The summed E-state index contributed by atoms with van der Waals surface area (Å²) in [5, 5.41) is 13.3. The molecule has 1 aromatic heterocycles.